The minimum atomic E-state index is 0.0814. The van der Waals surface area contributed by atoms with E-state index in [9.17, 15) is 0 Å². The maximum atomic E-state index is 6.64. The molecule has 0 aliphatic heterocycles. The van der Waals surface area contributed by atoms with Crippen LogP contribution in [0.5, 0.6) is 0 Å². The van der Waals surface area contributed by atoms with Gasteiger partial charge in [-0.05, 0) is 19.3 Å². The second-order valence-corrected chi connectivity index (χ2v) is 8.93. The molecule has 0 aromatic rings. The highest BCUT2D eigenvalue weighted by atomic mass is 14.8. The van der Waals surface area contributed by atoms with Gasteiger partial charge in [-0.2, -0.15) is 0 Å². The lowest BCUT2D eigenvalue weighted by molar-refractivity contribution is 0.407. The van der Waals surface area contributed by atoms with Crippen LogP contribution >= 0.6 is 0 Å². The molecule has 0 amide bonds. The van der Waals surface area contributed by atoms with Gasteiger partial charge < -0.3 is 17.2 Å². The fourth-order valence-corrected chi connectivity index (χ4v) is 4.23. The van der Waals surface area contributed by atoms with Gasteiger partial charge in [0.25, 0.3) is 0 Å². The van der Waals surface area contributed by atoms with E-state index in [4.69, 9.17) is 17.2 Å². The third-order valence-electron chi connectivity index (χ3n) is 6.14. The molecule has 0 bridgehead atoms. The summed E-state index contributed by atoms with van der Waals surface area (Å²) in [6.45, 7) is 6.78. The number of nitrogens with two attached hydrogens (primary N) is 3. The van der Waals surface area contributed by atoms with Crippen molar-refractivity contribution in [1.29, 1.82) is 0 Å². The summed E-state index contributed by atoms with van der Waals surface area (Å²) in [4.78, 5) is 0. The summed E-state index contributed by atoms with van der Waals surface area (Å²) in [6, 6.07) is 0.244. The fraction of sp³-hybridized carbons (Fsp3) is 0.960. The van der Waals surface area contributed by atoms with Gasteiger partial charge in [0.05, 0.1) is 0 Å². The van der Waals surface area contributed by atoms with Crippen molar-refractivity contribution in [2.45, 2.75) is 154 Å². The maximum Gasteiger partial charge on any atom is 0.0257 e. The molecular formula is C25H54N3. The zero-order valence-corrected chi connectivity index (χ0v) is 19.7. The van der Waals surface area contributed by atoms with Crippen LogP contribution in [-0.2, 0) is 0 Å². The Kier molecular flexibility index (Phi) is 20.1. The summed E-state index contributed by atoms with van der Waals surface area (Å²) in [5.41, 5.74) is 19.9. The maximum absolute atomic E-state index is 6.64. The van der Waals surface area contributed by atoms with Crippen molar-refractivity contribution in [2.75, 3.05) is 0 Å². The van der Waals surface area contributed by atoms with Crippen molar-refractivity contribution < 1.29 is 0 Å². The molecule has 0 rings (SSSR count). The lowest BCUT2D eigenvalue weighted by Gasteiger charge is -2.34. The van der Waals surface area contributed by atoms with Gasteiger partial charge in [0.15, 0.2) is 0 Å². The first kappa shape index (κ1) is 27.9. The van der Waals surface area contributed by atoms with Crippen LogP contribution in [0.3, 0.4) is 0 Å². The molecular weight excluding hydrogens is 342 g/mol. The quantitative estimate of drug-likeness (QED) is 0.191. The number of unbranched alkanes of at least 4 members (excludes halogenated alkanes) is 12. The summed E-state index contributed by atoms with van der Waals surface area (Å²) in [5, 5.41) is 0. The Bertz CT molecular complexity index is 261. The SMILES string of the molecule is CCCCCCCC(N)[C](C(N)CCCCCCC)C(N)CCCCCCC. The highest BCUT2D eigenvalue weighted by molar-refractivity contribution is 5.14. The first-order chi connectivity index (χ1) is 13.6. The van der Waals surface area contributed by atoms with E-state index in [2.05, 4.69) is 20.8 Å². The molecule has 0 aliphatic carbocycles. The molecule has 0 aromatic carbocycles. The first-order valence-corrected chi connectivity index (χ1v) is 12.7. The third-order valence-corrected chi connectivity index (χ3v) is 6.14. The number of hydrogen-bond donors (Lipinski definition) is 3. The molecule has 0 saturated heterocycles. The van der Waals surface area contributed by atoms with E-state index in [0.29, 0.717) is 0 Å². The smallest absolute Gasteiger partial charge is 0.0257 e. The molecule has 6 N–H and O–H groups in total. The molecule has 1 radical (unpaired) electrons. The second kappa shape index (κ2) is 20.2. The van der Waals surface area contributed by atoms with Gasteiger partial charge in [-0.3, -0.25) is 0 Å². The van der Waals surface area contributed by atoms with Crippen LogP contribution in [0.25, 0.3) is 0 Å². The van der Waals surface area contributed by atoms with E-state index in [1.54, 1.807) is 0 Å². The molecule has 3 unspecified atom stereocenters. The summed E-state index contributed by atoms with van der Waals surface area (Å²) < 4.78 is 0. The highest BCUT2D eigenvalue weighted by Crippen LogP contribution is 2.25. The first-order valence-electron chi connectivity index (χ1n) is 12.7. The highest BCUT2D eigenvalue weighted by Gasteiger charge is 2.30. The lowest BCUT2D eigenvalue weighted by atomic mass is 9.79. The number of hydrogen-bond acceptors (Lipinski definition) is 3. The molecule has 0 saturated carbocycles. The monoisotopic (exact) mass is 396 g/mol. The Morgan fingerprint density at radius 2 is 0.679 bits per heavy atom. The molecule has 169 valence electrons. The van der Waals surface area contributed by atoms with Crippen LogP contribution in [0.1, 0.15) is 136 Å². The molecule has 3 atom stereocenters. The molecule has 3 heteroatoms. The van der Waals surface area contributed by atoms with Gasteiger partial charge in [0.1, 0.15) is 0 Å². The minimum Gasteiger partial charge on any atom is -0.327 e. The lowest BCUT2D eigenvalue weighted by Crippen LogP contribution is -2.50. The van der Waals surface area contributed by atoms with Crippen LogP contribution in [0.4, 0.5) is 0 Å². The van der Waals surface area contributed by atoms with Gasteiger partial charge in [-0.25, -0.2) is 0 Å². The Morgan fingerprint density at radius 1 is 0.429 bits per heavy atom. The van der Waals surface area contributed by atoms with E-state index in [1.165, 1.54) is 102 Å². The molecule has 28 heavy (non-hydrogen) atoms. The van der Waals surface area contributed by atoms with Crippen LogP contribution in [0.2, 0.25) is 0 Å². The zero-order valence-electron chi connectivity index (χ0n) is 19.7. The molecule has 0 fully saturated rings. The normalized spacial score (nSPS) is 15.1. The Hall–Kier alpha value is -0.120. The van der Waals surface area contributed by atoms with Crippen LogP contribution in [0.15, 0.2) is 0 Å². The second-order valence-electron chi connectivity index (χ2n) is 8.93. The minimum absolute atomic E-state index is 0.0814. The number of rotatable bonds is 21. The molecule has 0 aliphatic rings. The van der Waals surface area contributed by atoms with Gasteiger partial charge >= 0.3 is 0 Å². The van der Waals surface area contributed by atoms with Crippen LogP contribution in [0, 0.1) is 5.92 Å². The van der Waals surface area contributed by atoms with E-state index in [1.807, 2.05) is 0 Å². The Morgan fingerprint density at radius 3 is 0.929 bits per heavy atom. The predicted octanol–water partition coefficient (Wildman–Crippen LogP) is 6.62. The van der Waals surface area contributed by atoms with Crippen molar-refractivity contribution in [3.05, 3.63) is 5.92 Å². The van der Waals surface area contributed by atoms with E-state index >= 15 is 0 Å². The zero-order chi connectivity index (χ0) is 21.0. The van der Waals surface area contributed by atoms with E-state index in [-0.39, 0.29) is 18.1 Å². The average molecular weight is 397 g/mol. The Labute approximate surface area is 178 Å². The Balaban J connectivity index is 4.48. The van der Waals surface area contributed by atoms with E-state index < -0.39 is 0 Å². The predicted molar refractivity (Wildman–Crippen MR) is 127 cm³/mol. The summed E-state index contributed by atoms with van der Waals surface area (Å²) in [6.07, 6.45) is 22.5. The van der Waals surface area contributed by atoms with Gasteiger partial charge in [0, 0.05) is 24.0 Å². The molecule has 0 aromatic heterocycles. The molecule has 0 heterocycles. The van der Waals surface area contributed by atoms with Crippen LogP contribution in [-0.4, -0.2) is 18.1 Å². The van der Waals surface area contributed by atoms with Gasteiger partial charge in [-0.1, -0.05) is 117 Å². The molecule has 0 spiro atoms. The topological polar surface area (TPSA) is 78.1 Å². The summed E-state index contributed by atoms with van der Waals surface area (Å²) >= 11 is 0. The van der Waals surface area contributed by atoms with E-state index in [0.717, 1.165) is 19.3 Å². The van der Waals surface area contributed by atoms with Crippen LogP contribution < -0.4 is 17.2 Å². The van der Waals surface area contributed by atoms with Crippen molar-refractivity contribution in [3.8, 4) is 0 Å². The third kappa shape index (κ3) is 14.8. The van der Waals surface area contributed by atoms with Gasteiger partial charge in [0.2, 0.25) is 0 Å². The largest absolute Gasteiger partial charge is 0.327 e. The fourth-order valence-electron chi connectivity index (χ4n) is 4.23. The summed E-state index contributed by atoms with van der Waals surface area (Å²) in [7, 11) is 0. The summed E-state index contributed by atoms with van der Waals surface area (Å²) in [5.74, 6) is 1.27. The van der Waals surface area contributed by atoms with Crippen molar-refractivity contribution in [1.82, 2.24) is 0 Å². The average Bonchev–Trinajstić information content (AvgIpc) is 2.67. The molecule has 3 nitrogen and oxygen atoms in total. The van der Waals surface area contributed by atoms with Gasteiger partial charge in [-0.15, -0.1) is 0 Å². The van der Waals surface area contributed by atoms with Crippen molar-refractivity contribution >= 4 is 0 Å². The standard InChI is InChI=1S/C25H54N3/c1-4-7-10-13-16-19-22(26)25(23(27)20-17-14-11-8-5-2)24(28)21-18-15-12-9-6-3/h22-24H,4-21,26-28H2,1-3H3. The van der Waals surface area contributed by atoms with Crippen molar-refractivity contribution in [3.63, 3.8) is 0 Å². The van der Waals surface area contributed by atoms with Crippen molar-refractivity contribution in [2.24, 2.45) is 17.2 Å².